The van der Waals surface area contributed by atoms with Crippen LogP contribution < -0.4 is 0 Å². The van der Waals surface area contributed by atoms with Crippen LogP contribution in [0.4, 0.5) is 5.69 Å². The van der Waals surface area contributed by atoms with Gasteiger partial charge in [0, 0.05) is 18.2 Å². The van der Waals surface area contributed by atoms with Crippen LogP contribution in [0.2, 0.25) is 0 Å². The molecule has 1 aliphatic rings. The topological polar surface area (TPSA) is 63.5 Å². The number of nitro benzene ring substituents is 1. The number of carbonyl (C=O) groups is 1. The first-order valence-electron chi connectivity index (χ1n) is 6.99. The molecular weight excluding hydrogens is 332 g/mol. The molecule has 0 aromatic heterocycles. The molecule has 0 spiro atoms. The van der Waals surface area contributed by atoms with Crippen LogP contribution in [0.15, 0.2) is 35.8 Å². The van der Waals surface area contributed by atoms with E-state index >= 15 is 0 Å². The Morgan fingerprint density at radius 2 is 2.17 bits per heavy atom. The van der Waals surface area contributed by atoms with Crippen LogP contribution >= 0.6 is 24.0 Å². The Morgan fingerprint density at radius 1 is 1.48 bits per heavy atom. The highest BCUT2D eigenvalue weighted by atomic mass is 32.2. The Morgan fingerprint density at radius 3 is 2.74 bits per heavy atom. The summed E-state index contributed by atoms with van der Waals surface area (Å²) in [4.78, 5) is 25.0. The molecule has 0 aliphatic carbocycles. The van der Waals surface area contributed by atoms with E-state index in [9.17, 15) is 14.9 Å². The lowest BCUT2D eigenvalue weighted by molar-refractivity contribution is -0.385. The molecule has 23 heavy (non-hydrogen) atoms. The van der Waals surface area contributed by atoms with Gasteiger partial charge in [-0.2, -0.15) is 0 Å². The van der Waals surface area contributed by atoms with Crippen molar-refractivity contribution >= 4 is 46.0 Å². The van der Waals surface area contributed by atoms with Crippen molar-refractivity contribution in [3.8, 4) is 0 Å². The van der Waals surface area contributed by atoms with Crippen molar-refractivity contribution in [1.82, 2.24) is 4.90 Å². The lowest BCUT2D eigenvalue weighted by atomic mass is 9.99. The lowest BCUT2D eigenvalue weighted by Gasteiger charge is -2.10. The smallest absolute Gasteiger partial charge is 0.273 e. The van der Waals surface area contributed by atoms with Gasteiger partial charge in [-0.1, -0.05) is 56.0 Å². The maximum atomic E-state index is 12.3. The molecule has 1 fully saturated rings. The lowest BCUT2D eigenvalue weighted by Crippen LogP contribution is -2.27. The van der Waals surface area contributed by atoms with Gasteiger partial charge < -0.3 is 0 Å². The minimum absolute atomic E-state index is 0.0512. The summed E-state index contributed by atoms with van der Waals surface area (Å²) in [6, 6.07) is 5.01. The molecule has 120 valence electrons. The Balaban J connectivity index is 2.38. The van der Waals surface area contributed by atoms with E-state index in [1.807, 2.05) is 13.8 Å². The van der Waals surface area contributed by atoms with Crippen LogP contribution in [0.3, 0.4) is 0 Å². The number of thioether (sulfide) groups is 1. The zero-order chi connectivity index (χ0) is 17.1. The maximum Gasteiger partial charge on any atom is 0.273 e. The largest absolute Gasteiger partial charge is 0.289 e. The van der Waals surface area contributed by atoms with Gasteiger partial charge in [-0.25, -0.2) is 0 Å². The number of hydrogen-bond donors (Lipinski definition) is 0. The van der Waals surface area contributed by atoms with Gasteiger partial charge in [-0.15, -0.1) is 6.58 Å². The van der Waals surface area contributed by atoms with Gasteiger partial charge in [-0.3, -0.25) is 19.8 Å². The summed E-state index contributed by atoms with van der Waals surface area (Å²) in [5, 5.41) is 11.2. The third kappa shape index (κ3) is 3.68. The fourth-order valence-corrected chi connectivity index (χ4v) is 3.51. The van der Waals surface area contributed by atoms with E-state index < -0.39 is 4.92 Å². The Hall–Kier alpha value is -1.99. The summed E-state index contributed by atoms with van der Waals surface area (Å²) >= 11 is 6.36. The van der Waals surface area contributed by atoms with Gasteiger partial charge in [0.05, 0.1) is 9.83 Å². The average molecular weight is 348 g/mol. The van der Waals surface area contributed by atoms with Crippen LogP contribution in [-0.2, 0) is 4.79 Å². The van der Waals surface area contributed by atoms with E-state index in [-0.39, 0.29) is 17.5 Å². The summed E-state index contributed by atoms with van der Waals surface area (Å²) in [5.41, 5.74) is 1.35. The van der Waals surface area contributed by atoms with Gasteiger partial charge >= 0.3 is 0 Å². The SMILES string of the molecule is C=CCN1C(=O)/C(=C/c2ccc(C(C)C)c([N+](=O)[O-])c2)SC1=S. The van der Waals surface area contributed by atoms with Crippen LogP contribution in [0.5, 0.6) is 0 Å². The van der Waals surface area contributed by atoms with Gasteiger partial charge in [0.2, 0.25) is 0 Å². The molecule has 5 nitrogen and oxygen atoms in total. The molecule has 1 aliphatic heterocycles. The first-order chi connectivity index (χ1) is 10.8. The van der Waals surface area contributed by atoms with Crippen molar-refractivity contribution in [2.45, 2.75) is 19.8 Å². The Bertz CT molecular complexity index is 726. The first-order valence-corrected chi connectivity index (χ1v) is 8.22. The highest BCUT2D eigenvalue weighted by Crippen LogP contribution is 2.34. The van der Waals surface area contributed by atoms with Crippen LogP contribution in [-0.4, -0.2) is 26.6 Å². The van der Waals surface area contributed by atoms with Gasteiger partial charge in [0.1, 0.15) is 4.32 Å². The van der Waals surface area contributed by atoms with Gasteiger partial charge in [0.25, 0.3) is 11.6 Å². The minimum atomic E-state index is -0.393. The zero-order valence-corrected chi connectivity index (χ0v) is 14.4. The monoisotopic (exact) mass is 348 g/mol. The maximum absolute atomic E-state index is 12.3. The van der Waals surface area contributed by atoms with E-state index in [0.717, 1.165) is 0 Å². The number of thiocarbonyl (C=S) groups is 1. The molecule has 7 heteroatoms. The molecular formula is C16H16N2O3S2. The molecule has 0 saturated carbocycles. The number of rotatable bonds is 5. The van der Waals surface area contributed by atoms with Gasteiger partial charge in [-0.05, 0) is 17.6 Å². The van der Waals surface area contributed by atoms with Crippen molar-refractivity contribution < 1.29 is 9.72 Å². The fourth-order valence-electron chi connectivity index (χ4n) is 2.23. The first kappa shape index (κ1) is 17.4. The molecule has 0 radical (unpaired) electrons. The Labute approximate surface area is 144 Å². The standard InChI is InChI=1S/C16H16N2O3S2/c1-4-7-17-15(19)14(23-16(17)22)9-11-5-6-12(10(2)3)13(8-11)18(20)21/h4-6,8-10H,1,7H2,2-3H3/b14-9-. The number of nitro groups is 1. The Kier molecular flexibility index (Phi) is 5.33. The molecule has 1 aromatic rings. The van der Waals surface area contributed by atoms with Crippen LogP contribution in [0, 0.1) is 10.1 Å². The van der Waals surface area contributed by atoms with E-state index in [2.05, 4.69) is 6.58 Å². The molecule has 2 rings (SSSR count). The zero-order valence-electron chi connectivity index (χ0n) is 12.8. The average Bonchev–Trinajstić information content (AvgIpc) is 2.75. The molecule has 0 N–H and O–H groups in total. The predicted molar refractivity (Wildman–Crippen MR) is 97.3 cm³/mol. The second-order valence-electron chi connectivity index (χ2n) is 5.31. The molecule has 0 unspecified atom stereocenters. The number of carbonyl (C=O) groups excluding carboxylic acids is 1. The van der Waals surface area contributed by atoms with Crippen molar-refractivity contribution in [1.29, 1.82) is 0 Å². The van der Waals surface area contributed by atoms with E-state index in [1.165, 1.54) is 22.7 Å². The van der Waals surface area contributed by atoms with Crippen molar-refractivity contribution in [3.05, 3.63) is 57.0 Å². The highest BCUT2D eigenvalue weighted by Gasteiger charge is 2.31. The van der Waals surface area contributed by atoms with Gasteiger partial charge in [0.15, 0.2) is 0 Å². The second-order valence-corrected chi connectivity index (χ2v) is 6.99. The molecule has 1 saturated heterocycles. The van der Waals surface area contributed by atoms with Crippen molar-refractivity contribution in [3.63, 3.8) is 0 Å². The van der Waals surface area contributed by atoms with Crippen LogP contribution in [0.25, 0.3) is 6.08 Å². The summed E-state index contributed by atoms with van der Waals surface area (Å²) < 4.78 is 0.467. The van der Waals surface area contributed by atoms with Crippen molar-refractivity contribution in [2.24, 2.45) is 0 Å². The highest BCUT2D eigenvalue weighted by molar-refractivity contribution is 8.26. The van der Waals surface area contributed by atoms with Crippen LogP contribution in [0.1, 0.15) is 30.9 Å². The summed E-state index contributed by atoms with van der Waals surface area (Å²) in [5.74, 6) is -0.147. The third-order valence-electron chi connectivity index (χ3n) is 3.36. The molecule has 0 bridgehead atoms. The third-order valence-corrected chi connectivity index (χ3v) is 4.73. The van der Waals surface area contributed by atoms with E-state index in [4.69, 9.17) is 12.2 Å². The molecule has 0 atom stereocenters. The van der Waals surface area contributed by atoms with E-state index in [0.29, 0.717) is 26.9 Å². The quantitative estimate of drug-likeness (QED) is 0.263. The molecule has 1 heterocycles. The number of nitrogens with zero attached hydrogens (tertiary/aromatic N) is 2. The number of amides is 1. The fraction of sp³-hybridized carbons (Fsp3) is 0.250. The minimum Gasteiger partial charge on any atom is -0.289 e. The summed E-state index contributed by atoms with van der Waals surface area (Å²) in [6.07, 6.45) is 3.25. The van der Waals surface area contributed by atoms with E-state index in [1.54, 1.807) is 24.3 Å². The number of benzene rings is 1. The second kappa shape index (κ2) is 7.06. The molecule has 1 amide bonds. The molecule has 1 aromatic carbocycles. The normalized spacial score (nSPS) is 16.5. The van der Waals surface area contributed by atoms with Crippen molar-refractivity contribution in [2.75, 3.05) is 6.54 Å². The predicted octanol–water partition coefficient (Wildman–Crippen LogP) is 4.11. The number of hydrogen-bond acceptors (Lipinski definition) is 5. The summed E-state index contributed by atoms with van der Waals surface area (Å²) in [6.45, 7) is 7.77. The summed E-state index contributed by atoms with van der Waals surface area (Å²) in [7, 11) is 0.